The molecule has 1 amide bonds. The van der Waals surface area contributed by atoms with E-state index < -0.39 is 5.54 Å². The van der Waals surface area contributed by atoms with Gasteiger partial charge < -0.3 is 25.5 Å². The lowest BCUT2D eigenvalue weighted by Crippen LogP contribution is -2.51. The van der Waals surface area contributed by atoms with Crippen molar-refractivity contribution < 1.29 is 9.90 Å². The number of aromatic nitrogens is 2. The highest BCUT2D eigenvalue weighted by Crippen LogP contribution is 2.40. The molecule has 1 fully saturated rings. The summed E-state index contributed by atoms with van der Waals surface area (Å²) in [7, 11) is 0. The van der Waals surface area contributed by atoms with Gasteiger partial charge in [-0.25, -0.2) is 9.97 Å². The molecule has 0 saturated carbocycles. The van der Waals surface area contributed by atoms with Gasteiger partial charge in [-0.2, -0.15) is 0 Å². The summed E-state index contributed by atoms with van der Waals surface area (Å²) in [4.78, 5) is 26.6. The zero-order chi connectivity index (χ0) is 21.3. The number of carbonyl (C=O) groups excluding carboxylic acids is 1. The Bertz CT molecular complexity index is 904. The highest BCUT2D eigenvalue weighted by Gasteiger charge is 2.39. The van der Waals surface area contributed by atoms with Crippen LogP contribution in [0.15, 0.2) is 36.5 Å². The summed E-state index contributed by atoms with van der Waals surface area (Å²) in [5.41, 5.74) is 0.946. The predicted molar refractivity (Wildman–Crippen MR) is 118 cm³/mol. The first kappa shape index (κ1) is 20.4. The molecule has 30 heavy (non-hydrogen) atoms. The van der Waals surface area contributed by atoms with Crippen LogP contribution in [0.4, 0.5) is 17.3 Å². The molecule has 8 nitrogen and oxygen atoms in total. The Hall–Kier alpha value is -2.87. The molecular formula is C22H30N6O2. The summed E-state index contributed by atoms with van der Waals surface area (Å²) < 4.78 is 0. The van der Waals surface area contributed by atoms with Gasteiger partial charge in [0.05, 0.1) is 17.9 Å². The molecule has 4 rings (SSSR count). The van der Waals surface area contributed by atoms with Crippen molar-refractivity contribution in [1.82, 2.24) is 15.3 Å². The molecule has 3 N–H and O–H groups in total. The van der Waals surface area contributed by atoms with Crippen LogP contribution >= 0.6 is 0 Å². The average Bonchev–Trinajstić information content (AvgIpc) is 3.12. The molecule has 8 heteroatoms. The third-order valence-corrected chi connectivity index (χ3v) is 5.86. The molecule has 1 unspecified atom stereocenters. The molecule has 2 bridgehead atoms. The largest absolute Gasteiger partial charge is 0.396 e. The van der Waals surface area contributed by atoms with E-state index in [0.29, 0.717) is 18.2 Å². The van der Waals surface area contributed by atoms with E-state index in [4.69, 9.17) is 4.98 Å². The SMILES string of the molecule is CC(Nc1ccccn1)N1c2nc(C(=O)NC(C)(C)CCO)ccc2N2CC[C@H]1C2. The van der Waals surface area contributed by atoms with Crippen LogP contribution in [0.1, 0.15) is 44.1 Å². The van der Waals surface area contributed by atoms with Crippen LogP contribution in [0.2, 0.25) is 0 Å². The van der Waals surface area contributed by atoms with Crippen molar-refractivity contribution in [3.05, 3.63) is 42.2 Å². The summed E-state index contributed by atoms with van der Waals surface area (Å²) >= 11 is 0. The molecule has 2 aliphatic rings. The number of nitrogens with zero attached hydrogens (tertiary/aromatic N) is 4. The highest BCUT2D eigenvalue weighted by molar-refractivity contribution is 5.94. The maximum absolute atomic E-state index is 12.9. The van der Waals surface area contributed by atoms with E-state index in [0.717, 1.165) is 36.8 Å². The van der Waals surface area contributed by atoms with Crippen LogP contribution in [0.5, 0.6) is 0 Å². The predicted octanol–water partition coefficient (Wildman–Crippen LogP) is 2.22. The molecule has 4 heterocycles. The molecule has 160 valence electrons. The summed E-state index contributed by atoms with van der Waals surface area (Å²) in [6.45, 7) is 7.86. The van der Waals surface area contributed by atoms with E-state index in [1.54, 1.807) is 12.3 Å². The molecule has 2 atom stereocenters. The Morgan fingerprint density at radius 2 is 2.17 bits per heavy atom. The molecule has 0 radical (unpaired) electrons. The highest BCUT2D eigenvalue weighted by atomic mass is 16.3. The smallest absolute Gasteiger partial charge is 0.270 e. The number of carbonyl (C=O) groups is 1. The summed E-state index contributed by atoms with van der Waals surface area (Å²) in [5, 5.41) is 15.7. The van der Waals surface area contributed by atoms with E-state index >= 15 is 0 Å². The van der Waals surface area contributed by atoms with Crippen LogP contribution in [0, 0.1) is 0 Å². The van der Waals surface area contributed by atoms with Crippen molar-refractivity contribution in [2.24, 2.45) is 0 Å². The van der Waals surface area contributed by atoms with Gasteiger partial charge in [-0.05, 0) is 57.9 Å². The van der Waals surface area contributed by atoms with Crippen molar-refractivity contribution >= 4 is 23.2 Å². The van der Waals surface area contributed by atoms with Gasteiger partial charge in [0.15, 0.2) is 5.82 Å². The van der Waals surface area contributed by atoms with Crippen molar-refractivity contribution in [3.8, 4) is 0 Å². The van der Waals surface area contributed by atoms with E-state index in [-0.39, 0.29) is 18.7 Å². The number of aliphatic hydroxyl groups excluding tert-OH is 1. The number of anilines is 3. The van der Waals surface area contributed by atoms with Crippen LogP contribution in [-0.2, 0) is 0 Å². The molecule has 0 aliphatic carbocycles. The standard InChI is InChI=1S/C22H30N6O2/c1-15(24-19-6-4-5-11-23-19)28-16-9-12-27(14-16)18-8-7-17(25-20(18)28)21(30)26-22(2,3)10-13-29/h4-8,11,15-16,29H,9-10,12-14H2,1-3H3,(H,23,24)(H,26,30)/t15?,16-/m0/s1. The van der Waals surface area contributed by atoms with Crippen molar-refractivity contribution in [1.29, 1.82) is 0 Å². The maximum Gasteiger partial charge on any atom is 0.270 e. The second-order valence-electron chi connectivity index (χ2n) is 8.68. The second-order valence-corrected chi connectivity index (χ2v) is 8.68. The lowest BCUT2D eigenvalue weighted by atomic mass is 10.0. The molecule has 0 aromatic carbocycles. The first-order chi connectivity index (χ1) is 14.4. The molecule has 1 saturated heterocycles. The lowest BCUT2D eigenvalue weighted by Gasteiger charge is -2.41. The monoisotopic (exact) mass is 410 g/mol. The van der Waals surface area contributed by atoms with Crippen molar-refractivity contribution in [2.75, 3.05) is 34.8 Å². The second kappa shape index (κ2) is 8.10. The number of fused-ring (bicyclic) bond motifs is 4. The molecule has 2 aromatic rings. The lowest BCUT2D eigenvalue weighted by molar-refractivity contribution is 0.0894. The van der Waals surface area contributed by atoms with Crippen LogP contribution < -0.4 is 20.4 Å². The van der Waals surface area contributed by atoms with Gasteiger partial charge in [0.25, 0.3) is 5.91 Å². The number of nitrogens with one attached hydrogen (secondary N) is 2. The first-order valence-electron chi connectivity index (χ1n) is 10.5. The minimum atomic E-state index is -0.501. The van der Waals surface area contributed by atoms with Crippen LogP contribution in [0.3, 0.4) is 0 Å². The summed E-state index contributed by atoms with van der Waals surface area (Å²) in [6.07, 6.45) is 3.28. The Morgan fingerprint density at radius 1 is 1.33 bits per heavy atom. The molecule has 2 aliphatic heterocycles. The fraction of sp³-hybridized carbons (Fsp3) is 0.500. The Balaban J connectivity index is 1.62. The number of amides is 1. The normalized spacial score (nSPS) is 18.7. The number of rotatable bonds is 7. The minimum absolute atomic E-state index is 0.0199. The molecule has 2 aromatic heterocycles. The van der Waals surface area contributed by atoms with Gasteiger partial charge in [0.1, 0.15) is 11.5 Å². The third-order valence-electron chi connectivity index (χ3n) is 5.86. The third kappa shape index (κ3) is 4.05. The number of hydrogen-bond acceptors (Lipinski definition) is 7. The van der Waals surface area contributed by atoms with E-state index in [2.05, 4.69) is 32.3 Å². The topological polar surface area (TPSA) is 93.6 Å². The van der Waals surface area contributed by atoms with Crippen LogP contribution in [0.25, 0.3) is 0 Å². The number of pyridine rings is 2. The van der Waals surface area contributed by atoms with Crippen molar-refractivity contribution in [2.45, 2.75) is 51.4 Å². The number of aliphatic hydroxyl groups is 1. The van der Waals surface area contributed by atoms with Gasteiger partial charge in [-0.15, -0.1) is 0 Å². The summed E-state index contributed by atoms with van der Waals surface area (Å²) in [6, 6.07) is 9.92. The van der Waals surface area contributed by atoms with Crippen molar-refractivity contribution in [3.63, 3.8) is 0 Å². The maximum atomic E-state index is 12.9. The van der Waals surface area contributed by atoms with E-state index in [9.17, 15) is 9.90 Å². The first-order valence-corrected chi connectivity index (χ1v) is 10.5. The molecular weight excluding hydrogens is 380 g/mol. The molecule has 0 spiro atoms. The zero-order valence-corrected chi connectivity index (χ0v) is 17.8. The fourth-order valence-corrected chi connectivity index (χ4v) is 4.31. The van der Waals surface area contributed by atoms with Gasteiger partial charge in [-0.1, -0.05) is 6.07 Å². The zero-order valence-electron chi connectivity index (χ0n) is 17.8. The Kier molecular flexibility index (Phi) is 5.51. The van der Waals surface area contributed by atoms with Crippen LogP contribution in [-0.4, -0.2) is 58.4 Å². The Morgan fingerprint density at radius 3 is 2.90 bits per heavy atom. The van der Waals surface area contributed by atoms with E-state index in [1.807, 2.05) is 38.1 Å². The summed E-state index contributed by atoms with van der Waals surface area (Å²) in [5.74, 6) is 1.41. The number of hydrogen-bond donors (Lipinski definition) is 3. The Labute approximate surface area is 177 Å². The van der Waals surface area contributed by atoms with E-state index in [1.165, 1.54) is 0 Å². The average molecular weight is 411 g/mol. The van der Waals surface area contributed by atoms with Gasteiger partial charge in [0, 0.05) is 31.4 Å². The quantitative estimate of drug-likeness (QED) is 0.644. The minimum Gasteiger partial charge on any atom is -0.396 e. The fourth-order valence-electron chi connectivity index (χ4n) is 4.31. The van der Waals surface area contributed by atoms with Gasteiger partial charge >= 0.3 is 0 Å². The van der Waals surface area contributed by atoms with Gasteiger partial charge in [-0.3, -0.25) is 4.79 Å². The van der Waals surface area contributed by atoms with Gasteiger partial charge in [0.2, 0.25) is 0 Å².